The number of carboxylic acids is 1. The van der Waals surface area contributed by atoms with Gasteiger partial charge in [0.25, 0.3) is 0 Å². The van der Waals surface area contributed by atoms with E-state index in [2.05, 4.69) is 4.98 Å². The molecule has 0 fully saturated rings. The van der Waals surface area contributed by atoms with Crippen LogP contribution in [0.2, 0.25) is 0 Å². The molecule has 2 heterocycles. The fraction of sp³-hybridized carbons (Fsp3) is 0.273. The van der Waals surface area contributed by atoms with Crippen molar-refractivity contribution in [2.24, 2.45) is 0 Å². The molecule has 5 nitrogen and oxygen atoms in total. The van der Waals surface area contributed by atoms with Crippen LogP contribution in [0.1, 0.15) is 16.1 Å². The summed E-state index contributed by atoms with van der Waals surface area (Å²) in [5.74, 6) is -0.931. The Kier molecular flexibility index (Phi) is 2.62. The second-order valence-electron chi connectivity index (χ2n) is 3.94. The lowest BCUT2D eigenvalue weighted by Gasteiger charge is -2.08. The number of carboxylic acid groups (broad SMARTS) is 1. The molecule has 0 aliphatic carbocycles. The monoisotopic (exact) mass is 219 g/mol. The average Bonchev–Trinajstić information content (AvgIpc) is 2.60. The van der Waals surface area contributed by atoms with E-state index in [1.165, 1.54) is 0 Å². The summed E-state index contributed by atoms with van der Waals surface area (Å²) >= 11 is 0. The van der Waals surface area contributed by atoms with Gasteiger partial charge in [0.15, 0.2) is 0 Å². The summed E-state index contributed by atoms with van der Waals surface area (Å²) in [4.78, 5) is 17.0. The number of hydrogen-bond acceptors (Lipinski definition) is 3. The molecule has 0 atom stereocenters. The van der Waals surface area contributed by atoms with Crippen molar-refractivity contribution in [1.82, 2.24) is 14.3 Å². The molecule has 2 aromatic heterocycles. The maximum atomic E-state index is 10.8. The molecule has 0 unspecified atom stereocenters. The number of aromatic nitrogens is 2. The maximum Gasteiger partial charge on any atom is 0.335 e. The zero-order valence-corrected chi connectivity index (χ0v) is 9.21. The first-order valence-corrected chi connectivity index (χ1v) is 4.92. The zero-order valence-electron chi connectivity index (χ0n) is 9.21. The van der Waals surface area contributed by atoms with Crippen molar-refractivity contribution < 1.29 is 9.90 Å². The van der Waals surface area contributed by atoms with Crippen LogP contribution >= 0.6 is 0 Å². The number of pyridine rings is 1. The molecule has 0 saturated heterocycles. The molecule has 0 radical (unpaired) electrons. The van der Waals surface area contributed by atoms with E-state index in [0.717, 1.165) is 12.2 Å². The summed E-state index contributed by atoms with van der Waals surface area (Å²) in [7, 11) is 3.95. The number of hydrogen-bond donors (Lipinski definition) is 1. The normalized spacial score (nSPS) is 11.2. The van der Waals surface area contributed by atoms with Crippen LogP contribution < -0.4 is 0 Å². The molecular formula is C11H13N3O2. The Balaban J connectivity index is 2.46. The average molecular weight is 219 g/mol. The molecule has 5 heteroatoms. The Hall–Kier alpha value is -1.88. The molecule has 84 valence electrons. The third-order valence-electron chi connectivity index (χ3n) is 2.32. The fourth-order valence-electron chi connectivity index (χ4n) is 1.61. The molecule has 2 rings (SSSR count). The number of aromatic carboxylic acids is 1. The summed E-state index contributed by atoms with van der Waals surface area (Å²) in [5, 5.41) is 8.85. The first kappa shape index (κ1) is 10.6. The van der Waals surface area contributed by atoms with Gasteiger partial charge < -0.3 is 14.4 Å². The Bertz CT molecular complexity index is 531. The lowest BCUT2D eigenvalue weighted by atomic mass is 10.3. The van der Waals surface area contributed by atoms with Gasteiger partial charge in [0.05, 0.1) is 17.5 Å². The van der Waals surface area contributed by atoms with Crippen molar-refractivity contribution in [2.75, 3.05) is 14.1 Å². The van der Waals surface area contributed by atoms with Gasteiger partial charge in [-0.15, -0.1) is 0 Å². The van der Waals surface area contributed by atoms with E-state index in [1.54, 1.807) is 24.5 Å². The highest BCUT2D eigenvalue weighted by atomic mass is 16.4. The first-order chi connectivity index (χ1) is 7.58. The third kappa shape index (κ3) is 1.90. The van der Waals surface area contributed by atoms with E-state index in [4.69, 9.17) is 5.11 Å². The third-order valence-corrected chi connectivity index (χ3v) is 2.32. The smallest absolute Gasteiger partial charge is 0.335 e. The molecular weight excluding hydrogens is 206 g/mol. The molecule has 0 aliphatic rings. The van der Waals surface area contributed by atoms with Crippen LogP contribution in [-0.4, -0.2) is 39.5 Å². The van der Waals surface area contributed by atoms with Gasteiger partial charge in [0.2, 0.25) is 0 Å². The lowest BCUT2D eigenvalue weighted by Crippen LogP contribution is -2.12. The molecule has 0 aliphatic heterocycles. The Labute approximate surface area is 92.9 Å². The molecule has 16 heavy (non-hydrogen) atoms. The van der Waals surface area contributed by atoms with E-state index in [9.17, 15) is 4.79 Å². The Morgan fingerprint density at radius 1 is 1.56 bits per heavy atom. The topological polar surface area (TPSA) is 57.8 Å². The number of nitrogens with zero attached hydrogens (tertiary/aromatic N) is 3. The van der Waals surface area contributed by atoms with Crippen LogP contribution in [0.3, 0.4) is 0 Å². The van der Waals surface area contributed by atoms with Crippen molar-refractivity contribution in [3.8, 4) is 0 Å². The molecule has 0 saturated carbocycles. The van der Waals surface area contributed by atoms with Crippen LogP contribution in [0.15, 0.2) is 24.5 Å². The van der Waals surface area contributed by atoms with Gasteiger partial charge in [-0.25, -0.2) is 9.78 Å². The van der Waals surface area contributed by atoms with Gasteiger partial charge in [-0.05, 0) is 26.2 Å². The van der Waals surface area contributed by atoms with Gasteiger partial charge in [0.1, 0.15) is 5.65 Å². The van der Waals surface area contributed by atoms with Gasteiger partial charge in [-0.2, -0.15) is 0 Å². The van der Waals surface area contributed by atoms with E-state index in [-0.39, 0.29) is 5.56 Å². The summed E-state index contributed by atoms with van der Waals surface area (Å²) in [5.41, 5.74) is 1.96. The quantitative estimate of drug-likeness (QED) is 0.839. The standard InChI is InChI=1S/C11H13N3O2/c1-13(2)7-9-6-12-10-5-8(11(15)16)3-4-14(9)10/h3-6H,7H2,1-2H3,(H,15,16). The number of carbonyl (C=O) groups is 1. The minimum Gasteiger partial charge on any atom is -0.478 e. The lowest BCUT2D eigenvalue weighted by molar-refractivity contribution is 0.0697. The molecule has 0 bridgehead atoms. The molecule has 0 spiro atoms. The Morgan fingerprint density at radius 3 is 2.94 bits per heavy atom. The van der Waals surface area contributed by atoms with Crippen molar-refractivity contribution in [2.45, 2.75) is 6.54 Å². The highest BCUT2D eigenvalue weighted by Gasteiger charge is 2.07. The number of imidazole rings is 1. The van der Waals surface area contributed by atoms with Gasteiger partial charge in [-0.3, -0.25) is 0 Å². The van der Waals surface area contributed by atoms with Crippen LogP contribution in [0.4, 0.5) is 0 Å². The van der Waals surface area contributed by atoms with E-state index >= 15 is 0 Å². The van der Waals surface area contributed by atoms with Crippen LogP contribution in [0.25, 0.3) is 5.65 Å². The SMILES string of the molecule is CN(C)Cc1cnc2cc(C(=O)O)ccn12. The molecule has 2 aromatic rings. The minimum absolute atomic E-state index is 0.259. The second kappa shape index (κ2) is 3.94. The van der Waals surface area contributed by atoms with Crippen molar-refractivity contribution in [3.05, 3.63) is 35.8 Å². The first-order valence-electron chi connectivity index (χ1n) is 4.92. The van der Waals surface area contributed by atoms with E-state index in [1.807, 2.05) is 23.4 Å². The van der Waals surface area contributed by atoms with Crippen LogP contribution in [0, 0.1) is 0 Å². The number of rotatable bonds is 3. The summed E-state index contributed by atoms with van der Waals surface area (Å²) in [6.45, 7) is 0.771. The van der Waals surface area contributed by atoms with Crippen molar-refractivity contribution in [1.29, 1.82) is 0 Å². The summed E-state index contributed by atoms with van der Waals surface area (Å²) < 4.78 is 1.90. The highest BCUT2D eigenvalue weighted by Crippen LogP contribution is 2.10. The van der Waals surface area contributed by atoms with Crippen LogP contribution in [-0.2, 0) is 6.54 Å². The Morgan fingerprint density at radius 2 is 2.31 bits per heavy atom. The molecule has 0 amide bonds. The zero-order chi connectivity index (χ0) is 11.7. The molecule has 1 N–H and O–H groups in total. The van der Waals surface area contributed by atoms with Crippen molar-refractivity contribution in [3.63, 3.8) is 0 Å². The maximum absolute atomic E-state index is 10.8. The summed E-state index contributed by atoms with van der Waals surface area (Å²) in [6.07, 6.45) is 3.51. The fourth-order valence-corrected chi connectivity index (χ4v) is 1.61. The van der Waals surface area contributed by atoms with Crippen LogP contribution in [0.5, 0.6) is 0 Å². The van der Waals surface area contributed by atoms with Gasteiger partial charge in [0, 0.05) is 12.7 Å². The van der Waals surface area contributed by atoms with Gasteiger partial charge in [-0.1, -0.05) is 0 Å². The second-order valence-corrected chi connectivity index (χ2v) is 3.94. The highest BCUT2D eigenvalue weighted by molar-refractivity contribution is 5.88. The largest absolute Gasteiger partial charge is 0.478 e. The van der Waals surface area contributed by atoms with E-state index < -0.39 is 5.97 Å². The van der Waals surface area contributed by atoms with Crippen molar-refractivity contribution >= 4 is 11.6 Å². The molecule has 0 aromatic carbocycles. The minimum atomic E-state index is -0.931. The number of fused-ring (bicyclic) bond motifs is 1. The predicted octanol–water partition coefficient (Wildman–Crippen LogP) is 1.09. The van der Waals surface area contributed by atoms with Gasteiger partial charge >= 0.3 is 5.97 Å². The summed E-state index contributed by atoms with van der Waals surface area (Å²) in [6, 6.07) is 3.15. The predicted molar refractivity (Wildman–Crippen MR) is 59.5 cm³/mol. The van der Waals surface area contributed by atoms with E-state index in [0.29, 0.717) is 5.65 Å².